The van der Waals surface area contributed by atoms with Crippen molar-refractivity contribution in [2.45, 2.75) is 18.4 Å². The molecule has 1 aromatic heterocycles. The molecular weight excluding hydrogens is 252 g/mol. The second-order valence-corrected chi connectivity index (χ2v) is 4.62. The smallest absolute Gasteiger partial charge is 0.280 e. The van der Waals surface area contributed by atoms with Crippen LogP contribution in [0.3, 0.4) is 0 Å². The molecule has 0 aliphatic carbocycles. The molecule has 1 fully saturated rings. The van der Waals surface area contributed by atoms with Gasteiger partial charge in [0, 0.05) is 18.3 Å². The Labute approximate surface area is 110 Å². The lowest BCUT2D eigenvalue weighted by Gasteiger charge is -2.39. The quantitative estimate of drug-likeness (QED) is 0.718. The molecule has 2 rings (SSSR count). The van der Waals surface area contributed by atoms with Crippen LogP contribution in [0.2, 0.25) is 0 Å². The molecule has 4 N–H and O–H groups in total. The molecule has 0 saturated carbocycles. The molecule has 104 valence electrons. The maximum absolute atomic E-state index is 13.9. The number of pyridine rings is 1. The van der Waals surface area contributed by atoms with E-state index in [-0.39, 0.29) is 12.4 Å². The Hall–Kier alpha value is -1.76. The van der Waals surface area contributed by atoms with Gasteiger partial charge in [0.25, 0.3) is 5.92 Å². The maximum Gasteiger partial charge on any atom is 0.280 e. The number of alkyl halides is 2. The molecule has 0 aromatic carbocycles. The Morgan fingerprint density at radius 1 is 1.63 bits per heavy atom. The van der Waals surface area contributed by atoms with E-state index >= 15 is 0 Å². The minimum Gasteiger partial charge on any atom is -0.383 e. The average Bonchev–Trinajstić information content (AvgIpc) is 2.38. The van der Waals surface area contributed by atoms with Gasteiger partial charge in [-0.15, -0.1) is 0 Å². The zero-order chi connectivity index (χ0) is 14.0. The summed E-state index contributed by atoms with van der Waals surface area (Å²) in [6.45, 7) is 0.158. The van der Waals surface area contributed by atoms with Crippen LogP contribution in [0.4, 0.5) is 20.3 Å². The normalized spacial score (nSPS) is 22.3. The molecule has 1 unspecified atom stereocenters. The van der Waals surface area contributed by atoms with Crippen LogP contribution in [0, 0.1) is 5.41 Å². The van der Waals surface area contributed by atoms with Crippen LogP contribution in [0.25, 0.3) is 0 Å². The van der Waals surface area contributed by atoms with Gasteiger partial charge in [0.05, 0.1) is 24.5 Å². The third kappa shape index (κ3) is 2.65. The lowest BCUT2D eigenvalue weighted by atomic mass is 10.0. The molecule has 0 radical (unpaired) electrons. The van der Waals surface area contributed by atoms with E-state index < -0.39 is 12.0 Å². The highest BCUT2D eigenvalue weighted by atomic mass is 19.3. The van der Waals surface area contributed by atoms with Crippen LogP contribution in [0.1, 0.15) is 12.0 Å². The SMILES string of the molecule is CNC1CCN(c2cnc(N)c(C=N)c2)CC1(F)F. The van der Waals surface area contributed by atoms with E-state index in [4.69, 9.17) is 11.1 Å². The number of hydrogen-bond acceptors (Lipinski definition) is 5. The molecule has 1 aliphatic rings. The number of anilines is 2. The van der Waals surface area contributed by atoms with Crippen LogP contribution in [-0.4, -0.2) is 43.3 Å². The second kappa shape index (κ2) is 5.08. The number of nitrogens with two attached hydrogens (primary N) is 1. The summed E-state index contributed by atoms with van der Waals surface area (Å²) in [7, 11) is 1.55. The summed E-state index contributed by atoms with van der Waals surface area (Å²) in [6.07, 6.45) is 2.90. The van der Waals surface area contributed by atoms with Gasteiger partial charge in [-0.25, -0.2) is 13.8 Å². The Kier molecular flexibility index (Phi) is 3.66. The molecule has 1 atom stereocenters. The van der Waals surface area contributed by atoms with Gasteiger partial charge in [0.15, 0.2) is 0 Å². The molecule has 5 nitrogen and oxygen atoms in total. The van der Waals surface area contributed by atoms with Gasteiger partial charge >= 0.3 is 0 Å². The summed E-state index contributed by atoms with van der Waals surface area (Å²) in [5.74, 6) is -2.56. The summed E-state index contributed by atoms with van der Waals surface area (Å²) in [4.78, 5) is 5.51. The van der Waals surface area contributed by atoms with Crippen molar-refractivity contribution in [2.24, 2.45) is 0 Å². The van der Waals surface area contributed by atoms with Crippen LogP contribution in [0.5, 0.6) is 0 Å². The van der Waals surface area contributed by atoms with Gasteiger partial charge in [-0.1, -0.05) is 0 Å². The number of hydrogen-bond donors (Lipinski definition) is 3. The average molecular weight is 269 g/mol. The number of piperidine rings is 1. The first-order valence-electron chi connectivity index (χ1n) is 6.04. The van der Waals surface area contributed by atoms with Gasteiger partial charge in [0.1, 0.15) is 5.82 Å². The summed E-state index contributed by atoms with van der Waals surface area (Å²) in [6, 6.07) is 0.818. The molecule has 7 heteroatoms. The van der Waals surface area contributed by atoms with Gasteiger partial charge in [-0.3, -0.25) is 0 Å². The molecule has 1 aromatic rings. The van der Waals surface area contributed by atoms with Crippen LogP contribution >= 0.6 is 0 Å². The molecular formula is C12H17F2N5. The molecule has 19 heavy (non-hydrogen) atoms. The standard InChI is InChI=1S/C12H17F2N5/c1-17-10-2-3-19(7-12(10,13)14)9-4-8(5-15)11(16)18-6-9/h4-6,10,15,17H,2-3,7H2,1H3,(H2,16,18). The van der Waals surface area contributed by atoms with E-state index in [1.54, 1.807) is 18.0 Å². The van der Waals surface area contributed by atoms with Crippen LogP contribution in [-0.2, 0) is 0 Å². The van der Waals surface area contributed by atoms with E-state index in [0.717, 1.165) is 6.21 Å². The predicted octanol–water partition coefficient (Wildman–Crippen LogP) is 1.09. The Bertz CT molecular complexity index is 477. The van der Waals surface area contributed by atoms with Gasteiger partial charge in [-0.2, -0.15) is 0 Å². The minimum atomic E-state index is -2.79. The third-order valence-corrected chi connectivity index (χ3v) is 3.40. The van der Waals surface area contributed by atoms with Crippen molar-refractivity contribution in [1.29, 1.82) is 5.41 Å². The van der Waals surface area contributed by atoms with Gasteiger partial charge in [-0.05, 0) is 19.5 Å². The molecule has 1 aliphatic heterocycles. The monoisotopic (exact) mass is 269 g/mol. The van der Waals surface area contributed by atoms with E-state index in [2.05, 4.69) is 10.3 Å². The molecule has 0 amide bonds. The summed E-state index contributed by atoms with van der Waals surface area (Å²) in [5.41, 5.74) is 6.60. The fraction of sp³-hybridized carbons (Fsp3) is 0.500. The number of rotatable bonds is 3. The van der Waals surface area contributed by atoms with Crippen molar-refractivity contribution in [3.63, 3.8) is 0 Å². The summed E-state index contributed by atoms with van der Waals surface area (Å²) < 4.78 is 27.7. The van der Waals surface area contributed by atoms with Gasteiger partial charge in [0.2, 0.25) is 0 Å². The number of aromatic nitrogens is 1. The first-order chi connectivity index (χ1) is 8.97. The van der Waals surface area contributed by atoms with Crippen molar-refractivity contribution in [3.8, 4) is 0 Å². The largest absolute Gasteiger partial charge is 0.383 e. The topological polar surface area (TPSA) is 78.0 Å². The molecule has 0 bridgehead atoms. The highest BCUT2D eigenvalue weighted by Gasteiger charge is 2.43. The Morgan fingerprint density at radius 2 is 2.37 bits per heavy atom. The maximum atomic E-state index is 13.9. The van der Waals surface area contributed by atoms with E-state index in [0.29, 0.717) is 24.2 Å². The van der Waals surface area contributed by atoms with E-state index in [1.807, 2.05) is 0 Å². The molecule has 1 saturated heterocycles. The first-order valence-corrected chi connectivity index (χ1v) is 6.04. The highest BCUT2D eigenvalue weighted by Crippen LogP contribution is 2.30. The van der Waals surface area contributed by atoms with Crippen LogP contribution < -0.4 is 16.0 Å². The lowest BCUT2D eigenvalue weighted by Crippen LogP contribution is -2.56. The highest BCUT2D eigenvalue weighted by molar-refractivity contribution is 5.85. The number of nitrogen functional groups attached to an aromatic ring is 1. The van der Waals surface area contributed by atoms with E-state index in [9.17, 15) is 8.78 Å². The van der Waals surface area contributed by atoms with Crippen molar-refractivity contribution in [1.82, 2.24) is 10.3 Å². The summed E-state index contributed by atoms with van der Waals surface area (Å²) >= 11 is 0. The van der Waals surface area contributed by atoms with Crippen molar-refractivity contribution < 1.29 is 8.78 Å². The zero-order valence-electron chi connectivity index (χ0n) is 10.7. The third-order valence-electron chi connectivity index (χ3n) is 3.40. The van der Waals surface area contributed by atoms with Crippen molar-refractivity contribution in [2.75, 3.05) is 30.8 Å². The van der Waals surface area contributed by atoms with Gasteiger partial charge < -0.3 is 21.4 Å². The molecule has 2 heterocycles. The lowest BCUT2D eigenvalue weighted by molar-refractivity contribution is -0.0402. The molecule has 0 spiro atoms. The van der Waals surface area contributed by atoms with Crippen molar-refractivity contribution >= 4 is 17.7 Å². The first kappa shape index (κ1) is 13.7. The zero-order valence-corrected chi connectivity index (χ0v) is 10.7. The van der Waals surface area contributed by atoms with Crippen molar-refractivity contribution in [3.05, 3.63) is 17.8 Å². The second-order valence-electron chi connectivity index (χ2n) is 4.62. The summed E-state index contributed by atoms with van der Waals surface area (Å²) in [5, 5.41) is 9.86. The Morgan fingerprint density at radius 3 is 2.95 bits per heavy atom. The number of nitrogens with one attached hydrogen (secondary N) is 2. The fourth-order valence-electron chi connectivity index (χ4n) is 2.29. The predicted molar refractivity (Wildman–Crippen MR) is 71.2 cm³/mol. The number of halogens is 2. The fourth-order valence-corrected chi connectivity index (χ4v) is 2.29. The number of nitrogens with zero attached hydrogens (tertiary/aromatic N) is 2. The van der Waals surface area contributed by atoms with E-state index in [1.165, 1.54) is 6.20 Å². The Balaban J connectivity index is 2.22. The minimum absolute atomic E-state index is 0.232. The van der Waals surface area contributed by atoms with Crippen LogP contribution in [0.15, 0.2) is 12.3 Å².